The van der Waals surface area contributed by atoms with Gasteiger partial charge in [0.2, 0.25) is 0 Å². The molecule has 2 N–H and O–H groups in total. The minimum atomic E-state index is 0.508. The highest BCUT2D eigenvalue weighted by Crippen LogP contribution is 2.15. The van der Waals surface area contributed by atoms with Gasteiger partial charge in [0.15, 0.2) is 5.11 Å². The van der Waals surface area contributed by atoms with E-state index in [9.17, 15) is 0 Å². The largest absolute Gasteiger partial charge is 0.358 e. The predicted molar refractivity (Wildman–Crippen MR) is 88.5 cm³/mol. The summed E-state index contributed by atoms with van der Waals surface area (Å²) in [5.74, 6) is 0.667. The van der Waals surface area contributed by atoms with Gasteiger partial charge in [0.25, 0.3) is 0 Å². The zero-order chi connectivity index (χ0) is 14.5. The number of rotatable bonds is 3. The average molecular weight is 326 g/mol. The summed E-state index contributed by atoms with van der Waals surface area (Å²) in [7, 11) is 0. The first kappa shape index (κ1) is 15.0. The molecule has 1 heterocycles. The van der Waals surface area contributed by atoms with Crippen molar-refractivity contribution >= 4 is 46.4 Å². The van der Waals surface area contributed by atoms with E-state index in [0.717, 1.165) is 16.3 Å². The van der Waals surface area contributed by atoms with E-state index in [4.69, 9.17) is 35.4 Å². The third kappa shape index (κ3) is 4.34. The number of thiocarbonyl (C=S) groups is 1. The molecule has 20 heavy (non-hydrogen) atoms. The summed E-state index contributed by atoms with van der Waals surface area (Å²) in [6.07, 6.45) is 0. The molecule has 0 unspecified atom stereocenters. The summed E-state index contributed by atoms with van der Waals surface area (Å²) >= 11 is 17.0. The maximum absolute atomic E-state index is 5.92. The van der Waals surface area contributed by atoms with E-state index in [1.54, 1.807) is 12.1 Å². The molecule has 1 aromatic carbocycles. The van der Waals surface area contributed by atoms with Gasteiger partial charge in [-0.15, -0.1) is 0 Å². The summed E-state index contributed by atoms with van der Waals surface area (Å²) in [5, 5.41) is 7.98. The summed E-state index contributed by atoms with van der Waals surface area (Å²) in [6.45, 7) is 2.47. The highest BCUT2D eigenvalue weighted by Gasteiger charge is 2.02. The Kier molecular flexibility index (Phi) is 5.17. The third-order valence-corrected chi connectivity index (χ3v) is 3.53. The van der Waals surface area contributed by atoms with Crippen molar-refractivity contribution in [3.63, 3.8) is 0 Å². The minimum absolute atomic E-state index is 0.508. The van der Waals surface area contributed by atoms with Gasteiger partial charge in [-0.2, -0.15) is 0 Å². The first-order valence-electron chi connectivity index (χ1n) is 5.97. The molecule has 2 rings (SSSR count). The first-order chi connectivity index (χ1) is 9.54. The van der Waals surface area contributed by atoms with Crippen LogP contribution in [0.2, 0.25) is 10.0 Å². The molecule has 0 saturated carbocycles. The Morgan fingerprint density at radius 1 is 1.15 bits per heavy atom. The van der Waals surface area contributed by atoms with Gasteiger partial charge in [-0.05, 0) is 49.0 Å². The van der Waals surface area contributed by atoms with Crippen molar-refractivity contribution in [3.05, 3.63) is 57.7 Å². The normalized spacial score (nSPS) is 10.2. The van der Waals surface area contributed by atoms with Gasteiger partial charge in [-0.25, -0.2) is 4.98 Å². The van der Waals surface area contributed by atoms with E-state index in [-0.39, 0.29) is 0 Å². The molecule has 0 atom stereocenters. The minimum Gasteiger partial charge on any atom is -0.358 e. The fourth-order valence-corrected chi connectivity index (χ4v) is 1.97. The molecule has 104 valence electrons. The van der Waals surface area contributed by atoms with Gasteiger partial charge in [0, 0.05) is 11.6 Å². The molecular weight excluding hydrogens is 313 g/mol. The molecule has 0 aliphatic carbocycles. The van der Waals surface area contributed by atoms with Crippen molar-refractivity contribution in [3.8, 4) is 0 Å². The van der Waals surface area contributed by atoms with Crippen LogP contribution in [-0.4, -0.2) is 10.1 Å². The second-order valence-corrected chi connectivity index (χ2v) is 5.45. The van der Waals surface area contributed by atoms with Crippen LogP contribution >= 0.6 is 35.4 Å². The van der Waals surface area contributed by atoms with Gasteiger partial charge in [0.1, 0.15) is 5.82 Å². The van der Waals surface area contributed by atoms with Crippen LogP contribution in [0.4, 0.5) is 5.82 Å². The van der Waals surface area contributed by atoms with E-state index >= 15 is 0 Å². The van der Waals surface area contributed by atoms with Crippen LogP contribution in [0, 0.1) is 6.92 Å². The maximum Gasteiger partial charge on any atom is 0.172 e. The van der Waals surface area contributed by atoms with Gasteiger partial charge >= 0.3 is 0 Å². The van der Waals surface area contributed by atoms with Crippen LogP contribution in [0.25, 0.3) is 0 Å². The van der Waals surface area contributed by atoms with Gasteiger partial charge in [-0.3, -0.25) is 0 Å². The molecule has 0 saturated heterocycles. The molecule has 2 aromatic rings. The van der Waals surface area contributed by atoms with Crippen LogP contribution in [-0.2, 0) is 6.54 Å². The van der Waals surface area contributed by atoms with Crippen molar-refractivity contribution in [1.29, 1.82) is 0 Å². The van der Waals surface area contributed by atoms with E-state index in [0.29, 0.717) is 22.5 Å². The molecule has 0 amide bonds. The lowest BCUT2D eigenvalue weighted by Gasteiger charge is -2.10. The average Bonchev–Trinajstić information content (AvgIpc) is 2.42. The lowest BCUT2D eigenvalue weighted by atomic mass is 10.2. The Balaban J connectivity index is 1.89. The number of nitrogens with one attached hydrogen (secondary N) is 2. The number of halogens is 2. The highest BCUT2D eigenvalue weighted by molar-refractivity contribution is 7.80. The molecule has 0 aliphatic heterocycles. The predicted octanol–water partition coefficient (Wildman–Crippen LogP) is 4.18. The van der Waals surface area contributed by atoms with Crippen LogP contribution < -0.4 is 10.6 Å². The monoisotopic (exact) mass is 325 g/mol. The van der Waals surface area contributed by atoms with Crippen LogP contribution in [0.15, 0.2) is 36.4 Å². The lowest BCUT2D eigenvalue weighted by Crippen LogP contribution is -2.28. The number of aromatic nitrogens is 1. The number of benzene rings is 1. The topological polar surface area (TPSA) is 37.0 Å². The fraction of sp³-hybridized carbons (Fsp3) is 0.143. The molecule has 6 heteroatoms. The van der Waals surface area contributed by atoms with Crippen LogP contribution in [0.3, 0.4) is 0 Å². The first-order valence-corrected chi connectivity index (χ1v) is 7.13. The van der Waals surface area contributed by atoms with Gasteiger partial charge < -0.3 is 10.6 Å². The smallest absolute Gasteiger partial charge is 0.172 e. The quantitative estimate of drug-likeness (QED) is 0.830. The summed E-state index contributed by atoms with van der Waals surface area (Å²) in [4.78, 5) is 4.29. The second-order valence-electron chi connectivity index (χ2n) is 4.20. The van der Waals surface area contributed by atoms with E-state index in [2.05, 4.69) is 15.6 Å². The van der Waals surface area contributed by atoms with E-state index in [1.807, 2.05) is 31.2 Å². The molecular formula is C14H13Cl2N3S. The number of hydrogen-bond donors (Lipinski definition) is 2. The highest BCUT2D eigenvalue weighted by atomic mass is 35.5. The number of hydrogen-bond acceptors (Lipinski definition) is 2. The van der Waals surface area contributed by atoms with Crippen molar-refractivity contribution in [1.82, 2.24) is 10.3 Å². The number of aryl methyl sites for hydroxylation is 1. The molecule has 0 aliphatic rings. The zero-order valence-electron chi connectivity index (χ0n) is 10.8. The Morgan fingerprint density at radius 2 is 1.85 bits per heavy atom. The summed E-state index contributed by atoms with van der Waals surface area (Å²) in [5.41, 5.74) is 1.86. The second kappa shape index (κ2) is 6.88. The van der Waals surface area contributed by atoms with E-state index < -0.39 is 0 Å². The zero-order valence-corrected chi connectivity index (χ0v) is 13.1. The Morgan fingerprint density at radius 3 is 2.50 bits per heavy atom. The maximum atomic E-state index is 5.92. The van der Waals surface area contributed by atoms with Gasteiger partial charge in [-0.1, -0.05) is 35.3 Å². The van der Waals surface area contributed by atoms with Crippen LogP contribution in [0.1, 0.15) is 11.3 Å². The molecule has 0 bridgehead atoms. The van der Waals surface area contributed by atoms with Crippen molar-refractivity contribution in [2.24, 2.45) is 0 Å². The lowest BCUT2D eigenvalue weighted by molar-refractivity contribution is 0.924. The van der Waals surface area contributed by atoms with E-state index in [1.165, 1.54) is 0 Å². The summed E-state index contributed by atoms with van der Waals surface area (Å²) in [6, 6.07) is 11.2. The molecule has 1 aromatic heterocycles. The Bertz CT molecular complexity index is 614. The fourth-order valence-electron chi connectivity index (χ4n) is 1.56. The van der Waals surface area contributed by atoms with Crippen molar-refractivity contribution < 1.29 is 0 Å². The van der Waals surface area contributed by atoms with Crippen LogP contribution in [0.5, 0.6) is 0 Å². The Labute approximate surface area is 133 Å². The molecule has 0 fully saturated rings. The molecule has 3 nitrogen and oxygen atoms in total. The van der Waals surface area contributed by atoms with Crippen molar-refractivity contribution in [2.45, 2.75) is 13.5 Å². The van der Waals surface area contributed by atoms with Crippen molar-refractivity contribution in [2.75, 3.05) is 5.32 Å². The number of nitrogens with zero attached hydrogens (tertiary/aromatic N) is 1. The molecule has 0 radical (unpaired) electrons. The third-order valence-electron chi connectivity index (χ3n) is 2.63. The standard InChI is InChI=1S/C14H13Cl2N3S/c1-9-12(16)6-7-13(18-9)19-14(20)17-8-10-2-4-11(15)5-3-10/h2-7H,8H2,1H3,(H2,17,18,19,20). The van der Waals surface area contributed by atoms with Gasteiger partial charge in [0.05, 0.1) is 10.7 Å². The summed E-state index contributed by atoms with van der Waals surface area (Å²) < 4.78 is 0. The number of anilines is 1. The Hall–Kier alpha value is -1.36. The molecule has 0 spiro atoms. The SMILES string of the molecule is Cc1nc(NC(=S)NCc2ccc(Cl)cc2)ccc1Cl. The number of pyridine rings is 1.